The maximum atomic E-state index is 12.1. The van der Waals surface area contributed by atoms with Crippen molar-refractivity contribution in [2.75, 3.05) is 13.6 Å². The lowest BCUT2D eigenvalue weighted by Gasteiger charge is -2.14. The zero-order valence-corrected chi connectivity index (χ0v) is 13.3. The third-order valence-electron chi connectivity index (χ3n) is 3.10. The minimum Gasteiger partial charge on any atom is -0.302 e. The third kappa shape index (κ3) is 4.28. The zero-order chi connectivity index (χ0) is 14.5. The fraction of sp³-hybridized carbons (Fsp3) is 0.333. The van der Waals surface area contributed by atoms with Gasteiger partial charge in [-0.2, -0.15) is 5.10 Å². The van der Waals surface area contributed by atoms with Crippen LogP contribution in [0.15, 0.2) is 41.1 Å². The Bertz CT molecular complexity index is 577. The molecule has 0 fully saturated rings. The Hall–Kier alpha value is -1.46. The van der Waals surface area contributed by atoms with E-state index in [9.17, 15) is 4.79 Å². The summed E-state index contributed by atoms with van der Waals surface area (Å²) in [6.07, 6.45) is 4.37. The number of ketones is 1. The molecule has 1 aromatic heterocycles. The van der Waals surface area contributed by atoms with E-state index in [0.29, 0.717) is 6.42 Å². The number of aryl methyl sites for hydroxylation is 1. The van der Waals surface area contributed by atoms with Gasteiger partial charge in [-0.25, -0.2) is 0 Å². The Balaban J connectivity index is 1.82. The highest BCUT2D eigenvalue weighted by Gasteiger charge is 2.08. The number of nitrogens with zero attached hydrogens (tertiary/aromatic N) is 3. The molecule has 5 heteroatoms. The molecule has 0 spiro atoms. The topological polar surface area (TPSA) is 38.1 Å². The third-order valence-corrected chi connectivity index (χ3v) is 3.63. The van der Waals surface area contributed by atoms with E-state index in [0.717, 1.165) is 28.7 Å². The molecule has 20 heavy (non-hydrogen) atoms. The van der Waals surface area contributed by atoms with Gasteiger partial charge in [0, 0.05) is 48.4 Å². The fourth-order valence-electron chi connectivity index (χ4n) is 2.02. The van der Waals surface area contributed by atoms with Crippen molar-refractivity contribution in [3.8, 4) is 0 Å². The molecule has 0 unspecified atom stereocenters. The number of benzene rings is 1. The van der Waals surface area contributed by atoms with Crippen molar-refractivity contribution in [3.05, 3.63) is 52.3 Å². The molecule has 0 N–H and O–H groups in total. The van der Waals surface area contributed by atoms with Gasteiger partial charge >= 0.3 is 0 Å². The van der Waals surface area contributed by atoms with Crippen LogP contribution in [0, 0.1) is 0 Å². The standard InChI is InChI=1S/C15H18BrN3O/c1-18(10-12-9-17-19(2)11-12)8-7-15(20)13-3-5-14(16)6-4-13/h3-6,9,11H,7-8,10H2,1-2H3. The number of hydrogen-bond acceptors (Lipinski definition) is 3. The molecule has 0 aliphatic heterocycles. The zero-order valence-electron chi connectivity index (χ0n) is 11.7. The summed E-state index contributed by atoms with van der Waals surface area (Å²) in [5.74, 6) is 0.176. The highest BCUT2D eigenvalue weighted by molar-refractivity contribution is 9.10. The molecule has 0 atom stereocenters. The van der Waals surface area contributed by atoms with Crippen LogP contribution < -0.4 is 0 Å². The average molecular weight is 336 g/mol. The number of carbonyl (C=O) groups excluding carboxylic acids is 1. The molecular formula is C15H18BrN3O. The molecule has 2 rings (SSSR count). The van der Waals surface area contributed by atoms with Crippen LogP contribution in [-0.2, 0) is 13.6 Å². The first kappa shape index (κ1) is 14.9. The summed E-state index contributed by atoms with van der Waals surface area (Å²) in [4.78, 5) is 14.2. The number of rotatable bonds is 6. The van der Waals surface area contributed by atoms with Crippen LogP contribution >= 0.6 is 15.9 Å². The predicted molar refractivity (Wildman–Crippen MR) is 82.6 cm³/mol. The summed E-state index contributed by atoms with van der Waals surface area (Å²) in [6, 6.07) is 7.50. The number of aromatic nitrogens is 2. The highest BCUT2D eigenvalue weighted by Crippen LogP contribution is 2.12. The van der Waals surface area contributed by atoms with Crippen molar-refractivity contribution in [3.63, 3.8) is 0 Å². The molecule has 106 valence electrons. The van der Waals surface area contributed by atoms with E-state index in [-0.39, 0.29) is 5.78 Å². The van der Waals surface area contributed by atoms with Gasteiger partial charge in [-0.1, -0.05) is 28.1 Å². The van der Waals surface area contributed by atoms with E-state index >= 15 is 0 Å². The van der Waals surface area contributed by atoms with E-state index in [1.165, 1.54) is 0 Å². The van der Waals surface area contributed by atoms with Crippen molar-refractivity contribution < 1.29 is 4.79 Å². The van der Waals surface area contributed by atoms with Crippen LogP contribution in [0.2, 0.25) is 0 Å². The monoisotopic (exact) mass is 335 g/mol. The summed E-state index contributed by atoms with van der Waals surface area (Å²) in [5, 5.41) is 4.14. The molecule has 0 bridgehead atoms. The lowest BCUT2D eigenvalue weighted by atomic mass is 10.1. The first-order chi connectivity index (χ1) is 9.54. The summed E-state index contributed by atoms with van der Waals surface area (Å²) in [7, 11) is 3.92. The molecule has 0 saturated carbocycles. The lowest BCUT2D eigenvalue weighted by molar-refractivity contribution is 0.0968. The second-order valence-electron chi connectivity index (χ2n) is 4.94. The first-order valence-electron chi connectivity index (χ1n) is 6.49. The van der Waals surface area contributed by atoms with Crippen molar-refractivity contribution in [2.45, 2.75) is 13.0 Å². The molecule has 0 amide bonds. The molecule has 0 radical (unpaired) electrons. The molecule has 0 saturated heterocycles. The molecule has 0 aliphatic carbocycles. The van der Waals surface area contributed by atoms with E-state index in [4.69, 9.17) is 0 Å². The maximum absolute atomic E-state index is 12.1. The predicted octanol–water partition coefficient (Wildman–Crippen LogP) is 2.89. The largest absolute Gasteiger partial charge is 0.302 e. The first-order valence-corrected chi connectivity index (χ1v) is 7.29. The van der Waals surface area contributed by atoms with Crippen molar-refractivity contribution in [1.29, 1.82) is 0 Å². The van der Waals surface area contributed by atoms with Crippen molar-refractivity contribution >= 4 is 21.7 Å². The summed E-state index contributed by atoms with van der Waals surface area (Å²) in [5.41, 5.74) is 1.93. The quantitative estimate of drug-likeness (QED) is 0.762. The average Bonchev–Trinajstić information content (AvgIpc) is 2.82. The Morgan fingerprint density at radius 3 is 2.65 bits per heavy atom. The minimum atomic E-state index is 0.176. The van der Waals surface area contributed by atoms with Crippen LogP contribution in [0.3, 0.4) is 0 Å². The van der Waals surface area contributed by atoms with E-state index < -0.39 is 0 Å². The Kier molecular flexibility index (Phi) is 5.09. The Morgan fingerprint density at radius 1 is 1.35 bits per heavy atom. The van der Waals surface area contributed by atoms with Gasteiger partial charge in [-0.15, -0.1) is 0 Å². The van der Waals surface area contributed by atoms with Gasteiger partial charge in [-0.05, 0) is 19.2 Å². The lowest BCUT2D eigenvalue weighted by Crippen LogP contribution is -2.21. The summed E-state index contributed by atoms with van der Waals surface area (Å²) in [6.45, 7) is 1.55. The SMILES string of the molecule is CN(CCC(=O)c1ccc(Br)cc1)Cc1cnn(C)c1. The van der Waals surface area contributed by atoms with Crippen LogP contribution in [0.1, 0.15) is 22.3 Å². The van der Waals surface area contributed by atoms with E-state index in [2.05, 4.69) is 25.9 Å². The molecule has 1 aromatic carbocycles. The number of Topliss-reactive ketones (excluding diaryl/α,β-unsaturated/α-hetero) is 1. The van der Waals surface area contributed by atoms with Gasteiger partial charge in [0.05, 0.1) is 6.20 Å². The summed E-state index contributed by atoms with van der Waals surface area (Å²) >= 11 is 3.37. The number of hydrogen-bond donors (Lipinski definition) is 0. The fourth-order valence-corrected chi connectivity index (χ4v) is 2.28. The Morgan fingerprint density at radius 2 is 2.05 bits per heavy atom. The van der Waals surface area contributed by atoms with E-state index in [1.807, 2.05) is 50.8 Å². The second kappa shape index (κ2) is 6.81. The van der Waals surface area contributed by atoms with Gasteiger partial charge in [0.2, 0.25) is 0 Å². The van der Waals surface area contributed by atoms with Gasteiger partial charge in [0.15, 0.2) is 5.78 Å². The van der Waals surface area contributed by atoms with Crippen LogP contribution in [0.25, 0.3) is 0 Å². The van der Waals surface area contributed by atoms with Crippen molar-refractivity contribution in [1.82, 2.24) is 14.7 Å². The van der Waals surface area contributed by atoms with Gasteiger partial charge < -0.3 is 4.90 Å². The van der Waals surface area contributed by atoms with Gasteiger partial charge in [0.1, 0.15) is 0 Å². The number of carbonyl (C=O) groups is 1. The van der Waals surface area contributed by atoms with Crippen LogP contribution in [-0.4, -0.2) is 34.1 Å². The highest BCUT2D eigenvalue weighted by atomic mass is 79.9. The molecule has 0 aliphatic rings. The molecule has 4 nitrogen and oxygen atoms in total. The summed E-state index contributed by atoms with van der Waals surface area (Å²) < 4.78 is 2.78. The second-order valence-corrected chi connectivity index (χ2v) is 5.86. The maximum Gasteiger partial charge on any atom is 0.164 e. The van der Waals surface area contributed by atoms with Crippen molar-refractivity contribution in [2.24, 2.45) is 7.05 Å². The number of halogens is 1. The Labute approximate surface area is 127 Å². The van der Waals surface area contributed by atoms with E-state index in [1.54, 1.807) is 4.68 Å². The molecular weight excluding hydrogens is 318 g/mol. The van der Waals surface area contributed by atoms with Crippen LogP contribution in [0.5, 0.6) is 0 Å². The van der Waals surface area contributed by atoms with Gasteiger partial charge in [0.25, 0.3) is 0 Å². The smallest absolute Gasteiger partial charge is 0.164 e. The molecule has 2 aromatic rings. The minimum absolute atomic E-state index is 0.176. The van der Waals surface area contributed by atoms with Gasteiger partial charge in [-0.3, -0.25) is 9.48 Å². The molecule has 1 heterocycles. The normalized spacial score (nSPS) is 11.0. The van der Waals surface area contributed by atoms with Crippen LogP contribution in [0.4, 0.5) is 0 Å².